The predicted octanol–water partition coefficient (Wildman–Crippen LogP) is 1.98. The van der Waals surface area contributed by atoms with E-state index in [4.69, 9.17) is 5.11 Å². The molecule has 1 aromatic rings. The number of rotatable bonds is 7. The monoisotopic (exact) mass is 327 g/mol. The molecule has 0 amide bonds. The maximum absolute atomic E-state index is 12.2. The zero-order chi connectivity index (χ0) is 16.1. The zero-order valence-electron chi connectivity index (χ0n) is 11.3. The molecule has 1 rings (SSSR count). The molecule has 0 bridgehead atoms. The van der Waals surface area contributed by atoms with E-state index in [2.05, 4.69) is 4.74 Å². The Balaban J connectivity index is 2.93. The van der Waals surface area contributed by atoms with Crippen molar-refractivity contribution in [3.8, 4) is 5.75 Å². The lowest BCUT2D eigenvalue weighted by Gasteiger charge is -2.20. The van der Waals surface area contributed by atoms with Crippen molar-refractivity contribution in [3.63, 3.8) is 0 Å². The summed E-state index contributed by atoms with van der Waals surface area (Å²) in [6.45, 7) is 1.82. The summed E-state index contributed by atoms with van der Waals surface area (Å²) in [5.41, 5.74) is 0. The first-order valence-corrected chi connectivity index (χ1v) is 7.61. The van der Waals surface area contributed by atoms with Crippen molar-refractivity contribution in [3.05, 3.63) is 24.3 Å². The Hall–Kier alpha value is -1.32. The van der Waals surface area contributed by atoms with Crippen LogP contribution in [0.5, 0.6) is 5.75 Å². The third-order valence-corrected chi connectivity index (χ3v) is 4.60. The number of hydrogen-bond donors (Lipinski definition) is 1. The second kappa shape index (κ2) is 7.10. The van der Waals surface area contributed by atoms with Gasteiger partial charge in [0, 0.05) is 19.7 Å². The fraction of sp³-hybridized carbons (Fsp3) is 0.500. The van der Waals surface area contributed by atoms with E-state index < -0.39 is 22.1 Å². The number of alkyl halides is 3. The van der Waals surface area contributed by atoms with Crippen LogP contribution in [0.2, 0.25) is 0 Å². The Bertz CT molecular complexity index is 543. The van der Waals surface area contributed by atoms with Crippen molar-refractivity contribution in [1.82, 2.24) is 4.31 Å². The van der Waals surface area contributed by atoms with Gasteiger partial charge in [-0.25, -0.2) is 8.42 Å². The zero-order valence-corrected chi connectivity index (χ0v) is 12.1. The van der Waals surface area contributed by atoms with Crippen LogP contribution in [-0.4, -0.2) is 43.9 Å². The second-order valence-corrected chi connectivity index (χ2v) is 6.03. The lowest BCUT2D eigenvalue weighted by Crippen LogP contribution is -2.32. The molecule has 0 atom stereocenters. The number of benzene rings is 1. The SMILES string of the molecule is CCN(CCCO)S(=O)(=O)c1ccc(OC(F)(F)F)cc1. The average molecular weight is 327 g/mol. The van der Waals surface area contributed by atoms with E-state index in [0.717, 1.165) is 28.6 Å². The lowest BCUT2D eigenvalue weighted by molar-refractivity contribution is -0.274. The average Bonchev–Trinajstić information content (AvgIpc) is 2.38. The molecule has 0 radical (unpaired) electrons. The molecule has 0 heterocycles. The van der Waals surface area contributed by atoms with Crippen molar-refractivity contribution in [2.75, 3.05) is 19.7 Å². The van der Waals surface area contributed by atoms with Gasteiger partial charge in [-0.1, -0.05) is 6.92 Å². The Labute approximate surface area is 121 Å². The molecule has 0 aliphatic carbocycles. The van der Waals surface area contributed by atoms with Crippen LogP contribution in [0.25, 0.3) is 0 Å². The Kier molecular flexibility index (Phi) is 5.99. The van der Waals surface area contributed by atoms with Crippen LogP contribution < -0.4 is 4.74 Å². The molecule has 5 nitrogen and oxygen atoms in total. The number of hydrogen-bond acceptors (Lipinski definition) is 4. The Morgan fingerprint density at radius 3 is 2.24 bits per heavy atom. The molecule has 0 aliphatic rings. The maximum atomic E-state index is 12.2. The van der Waals surface area contributed by atoms with Gasteiger partial charge in [-0.05, 0) is 30.7 Å². The van der Waals surface area contributed by atoms with Gasteiger partial charge in [0.15, 0.2) is 0 Å². The first kappa shape index (κ1) is 17.7. The lowest BCUT2D eigenvalue weighted by atomic mass is 10.3. The fourth-order valence-corrected chi connectivity index (χ4v) is 3.15. The van der Waals surface area contributed by atoms with Crippen molar-refractivity contribution < 1.29 is 31.4 Å². The van der Waals surface area contributed by atoms with Gasteiger partial charge in [-0.2, -0.15) is 4.31 Å². The summed E-state index contributed by atoms with van der Waals surface area (Å²) in [6, 6.07) is 4.00. The first-order chi connectivity index (χ1) is 9.70. The summed E-state index contributed by atoms with van der Waals surface area (Å²) >= 11 is 0. The van der Waals surface area contributed by atoms with Gasteiger partial charge in [0.2, 0.25) is 10.0 Å². The highest BCUT2D eigenvalue weighted by Gasteiger charge is 2.31. The summed E-state index contributed by atoms with van der Waals surface area (Å²) in [5, 5.41) is 8.75. The Morgan fingerprint density at radius 2 is 1.81 bits per heavy atom. The topological polar surface area (TPSA) is 66.8 Å². The molecule has 0 unspecified atom stereocenters. The van der Waals surface area contributed by atoms with E-state index in [1.165, 1.54) is 0 Å². The molecular formula is C12H16F3NO4S. The summed E-state index contributed by atoms with van der Waals surface area (Å²) in [4.78, 5) is -0.128. The number of aliphatic hydroxyl groups excluding tert-OH is 1. The summed E-state index contributed by atoms with van der Waals surface area (Å²) in [7, 11) is -3.80. The van der Waals surface area contributed by atoms with Crippen LogP contribution in [0.3, 0.4) is 0 Å². The van der Waals surface area contributed by atoms with E-state index in [-0.39, 0.29) is 31.0 Å². The van der Waals surface area contributed by atoms with Crippen LogP contribution in [0, 0.1) is 0 Å². The first-order valence-electron chi connectivity index (χ1n) is 6.17. The predicted molar refractivity (Wildman–Crippen MR) is 69.3 cm³/mol. The van der Waals surface area contributed by atoms with E-state index in [1.54, 1.807) is 6.92 Å². The highest BCUT2D eigenvalue weighted by atomic mass is 32.2. The maximum Gasteiger partial charge on any atom is 0.573 e. The molecule has 0 fully saturated rings. The standard InChI is InChI=1S/C12H16F3NO4S/c1-2-16(8-3-9-17)21(18,19)11-6-4-10(5-7-11)20-12(13,14)15/h4-7,17H,2-3,8-9H2,1H3. The number of ether oxygens (including phenoxy) is 1. The molecule has 0 spiro atoms. The summed E-state index contributed by atoms with van der Waals surface area (Å²) in [6.07, 6.45) is -4.54. The number of halogens is 3. The minimum Gasteiger partial charge on any atom is -0.406 e. The number of sulfonamides is 1. The van der Waals surface area contributed by atoms with Gasteiger partial charge in [-0.3, -0.25) is 0 Å². The normalized spacial score (nSPS) is 12.7. The minimum absolute atomic E-state index is 0.128. The van der Waals surface area contributed by atoms with Gasteiger partial charge in [-0.15, -0.1) is 13.2 Å². The molecule has 0 saturated heterocycles. The summed E-state index contributed by atoms with van der Waals surface area (Å²) in [5.74, 6) is -0.486. The molecule has 1 N–H and O–H groups in total. The number of nitrogens with zero attached hydrogens (tertiary/aromatic N) is 1. The molecule has 0 saturated carbocycles. The molecular weight excluding hydrogens is 311 g/mol. The third kappa shape index (κ3) is 5.18. The molecule has 1 aromatic carbocycles. The molecule has 120 valence electrons. The van der Waals surface area contributed by atoms with E-state index in [9.17, 15) is 21.6 Å². The second-order valence-electron chi connectivity index (χ2n) is 4.09. The number of aliphatic hydroxyl groups is 1. The fourth-order valence-electron chi connectivity index (χ4n) is 1.66. The van der Waals surface area contributed by atoms with Crippen molar-refractivity contribution in [2.45, 2.75) is 24.6 Å². The molecule has 0 aliphatic heterocycles. The van der Waals surface area contributed by atoms with Crippen LogP contribution in [0.1, 0.15) is 13.3 Å². The smallest absolute Gasteiger partial charge is 0.406 e. The highest BCUT2D eigenvalue weighted by molar-refractivity contribution is 7.89. The van der Waals surface area contributed by atoms with Gasteiger partial charge in [0.1, 0.15) is 5.75 Å². The van der Waals surface area contributed by atoms with Gasteiger partial charge < -0.3 is 9.84 Å². The van der Waals surface area contributed by atoms with Crippen LogP contribution >= 0.6 is 0 Å². The van der Waals surface area contributed by atoms with Crippen molar-refractivity contribution in [2.24, 2.45) is 0 Å². The van der Waals surface area contributed by atoms with Gasteiger partial charge in [0.05, 0.1) is 4.90 Å². The molecule has 0 aromatic heterocycles. The van der Waals surface area contributed by atoms with Gasteiger partial charge >= 0.3 is 6.36 Å². The minimum atomic E-state index is -4.82. The van der Waals surface area contributed by atoms with E-state index in [1.807, 2.05) is 0 Å². The Morgan fingerprint density at radius 1 is 1.24 bits per heavy atom. The van der Waals surface area contributed by atoms with E-state index in [0.29, 0.717) is 0 Å². The van der Waals surface area contributed by atoms with Crippen LogP contribution in [0.4, 0.5) is 13.2 Å². The molecule has 9 heteroatoms. The quantitative estimate of drug-likeness (QED) is 0.831. The largest absolute Gasteiger partial charge is 0.573 e. The highest BCUT2D eigenvalue weighted by Crippen LogP contribution is 2.25. The van der Waals surface area contributed by atoms with E-state index >= 15 is 0 Å². The summed E-state index contributed by atoms with van der Waals surface area (Å²) < 4.78 is 65.4. The van der Waals surface area contributed by atoms with Crippen molar-refractivity contribution >= 4 is 10.0 Å². The molecule has 21 heavy (non-hydrogen) atoms. The van der Waals surface area contributed by atoms with Crippen LogP contribution in [0.15, 0.2) is 29.2 Å². The van der Waals surface area contributed by atoms with Gasteiger partial charge in [0.25, 0.3) is 0 Å². The van der Waals surface area contributed by atoms with Crippen LogP contribution in [-0.2, 0) is 10.0 Å². The third-order valence-electron chi connectivity index (χ3n) is 2.61. The van der Waals surface area contributed by atoms with Crippen molar-refractivity contribution in [1.29, 1.82) is 0 Å².